The first kappa shape index (κ1) is 17.8. The molecule has 2 aromatic carbocycles. The molecule has 0 aliphatic rings. The molecule has 3 rings (SSSR count). The molecule has 0 unspecified atom stereocenters. The van der Waals surface area contributed by atoms with Gasteiger partial charge in [-0.3, -0.25) is 10.1 Å². The van der Waals surface area contributed by atoms with Crippen LogP contribution in [0.2, 0.25) is 0 Å². The summed E-state index contributed by atoms with van der Waals surface area (Å²) in [4.78, 5) is 19.3. The lowest BCUT2D eigenvalue weighted by Gasteiger charge is -2.12. The smallest absolute Gasteiger partial charge is 0.334 e. The van der Waals surface area contributed by atoms with Crippen LogP contribution in [0.25, 0.3) is 0 Å². The molecule has 0 saturated carbocycles. The fourth-order valence-electron chi connectivity index (χ4n) is 2.40. The van der Waals surface area contributed by atoms with Crippen LogP contribution in [0.4, 0.5) is 28.7 Å². The minimum Gasteiger partial charge on any atom is -0.334 e. The summed E-state index contributed by atoms with van der Waals surface area (Å²) in [7, 11) is 0. The van der Waals surface area contributed by atoms with E-state index in [1.165, 1.54) is 6.33 Å². The monoisotopic (exact) mass is 413 g/mol. The molecule has 0 bridgehead atoms. The Bertz CT molecular complexity index is 960. The molecule has 0 spiro atoms. The number of halogens is 1. The zero-order valence-electron chi connectivity index (χ0n) is 14.2. The summed E-state index contributed by atoms with van der Waals surface area (Å²) in [6.45, 7) is 3.88. The standard InChI is InChI=1S/C18H16BrN5O2/c1-11-3-4-12(2)15(9-11)23-18-16(24(25)26)17(20-10-21-18)22-14-7-5-13(19)6-8-14/h3-10H,1-2H3,(H2,20,21,22,23). The maximum absolute atomic E-state index is 11.7. The molecule has 0 aliphatic carbocycles. The van der Waals surface area contributed by atoms with E-state index in [4.69, 9.17) is 0 Å². The van der Waals surface area contributed by atoms with Crippen LogP contribution in [0.5, 0.6) is 0 Å². The zero-order valence-corrected chi connectivity index (χ0v) is 15.7. The first-order valence-corrected chi connectivity index (χ1v) is 8.59. The Labute approximate surface area is 158 Å². The van der Waals surface area contributed by atoms with Crippen LogP contribution >= 0.6 is 15.9 Å². The number of hydrogen-bond acceptors (Lipinski definition) is 6. The van der Waals surface area contributed by atoms with Crippen LogP contribution in [-0.4, -0.2) is 14.9 Å². The number of anilines is 4. The van der Waals surface area contributed by atoms with Gasteiger partial charge in [0.15, 0.2) is 0 Å². The summed E-state index contributed by atoms with van der Waals surface area (Å²) in [5.41, 5.74) is 3.25. The summed E-state index contributed by atoms with van der Waals surface area (Å²) >= 11 is 3.36. The van der Waals surface area contributed by atoms with Crippen molar-refractivity contribution in [3.05, 3.63) is 74.5 Å². The number of benzene rings is 2. The van der Waals surface area contributed by atoms with Crippen molar-refractivity contribution in [1.29, 1.82) is 0 Å². The van der Waals surface area contributed by atoms with Gasteiger partial charge in [0, 0.05) is 15.8 Å². The van der Waals surface area contributed by atoms with Crippen LogP contribution in [-0.2, 0) is 0 Å². The molecule has 0 atom stereocenters. The molecule has 26 heavy (non-hydrogen) atoms. The molecular formula is C18H16BrN5O2. The third-order valence-corrected chi connectivity index (χ3v) is 4.29. The van der Waals surface area contributed by atoms with Crippen LogP contribution in [0.1, 0.15) is 11.1 Å². The Morgan fingerprint density at radius 3 is 2.31 bits per heavy atom. The normalized spacial score (nSPS) is 10.4. The van der Waals surface area contributed by atoms with Gasteiger partial charge in [0.2, 0.25) is 11.6 Å². The van der Waals surface area contributed by atoms with E-state index in [1.807, 2.05) is 44.2 Å². The van der Waals surface area contributed by atoms with Gasteiger partial charge in [-0.05, 0) is 55.3 Å². The predicted molar refractivity (Wildman–Crippen MR) is 105 cm³/mol. The van der Waals surface area contributed by atoms with E-state index in [-0.39, 0.29) is 17.3 Å². The van der Waals surface area contributed by atoms with Gasteiger partial charge in [0.25, 0.3) is 0 Å². The molecule has 1 aromatic heterocycles. The maximum atomic E-state index is 11.7. The molecule has 0 fully saturated rings. The van der Waals surface area contributed by atoms with Crippen molar-refractivity contribution in [3.63, 3.8) is 0 Å². The van der Waals surface area contributed by atoms with E-state index < -0.39 is 4.92 Å². The Hall–Kier alpha value is -3.00. The van der Waals surface area contributed by atoms with Crippen molar-refractivity contribution in [1.82, 2.24) is 9.97 Å². The minimum atomic E-state index is -0.491. The van der Waals surface area contributed by atoms with E-state index in [2.05, 4.69) is 36.5 Å². The van der Waals surface area contributed by atoms with E-state index in [9.17, 15) is 10.1 Å². The van der Waals surface area contributed by atoms with E-state index in [0.717, 1.165) is 21.3 Å². The van der Waals surface area contributed by atoms with Gasteiger partial charge in [-0.2, -0.15) is 0 Å². The van der Waals surface area contributed by atoms with Crippen LogP contribution in [0.3, 0.4) is 0 Å². The van der Waals surface area contributed by atoms with Gasteiger partial charge >= 0.3 is 5.69 Å². The van der Waals surface area contributed by atoms with Crippen molar-refractivity contribution in [2.75, 3.05) is 10.6 Å². The van der Waals surface area contributed by atoms with Crippen LogP contribution in [0.15, 0.2) is 53.3 Å². The Morgan fingerprint density at radius 2 is 1.65 bits per heavy atom. The highest BCUT2D eigenvalue weighted by atomic mass is 79.9. The van der Waals surface area contributed by atoms with Crippen molar-refractivity contribution < 1.29 is 4.92 Å². The Balaban J connectivity index is 1.99. The molecule has 0 aliphatic heterocycles. The number of nitrogens with one attached hydrogen (secondary N) is 2. The third-order valence-electron chi connectivity index (χ3n) is 3.76. The zero-order chi connectivity index (χ0) is 18.7. The summed E-state index contributed by atoms with van der Waals surface area (Å²) in [6, 6.07) is 13.1. The number of hydrogen-bond donors (Lipinski definition) is 2. The average Bonchev–Trinajstić information content (AvgIpc) is 2.60. The summed E-state index contributed by atoms with van der Waals surface area (Å²) in [5, 5.41) is 17.7. The Morgan fingerprint density at radius 1 is 1.00 bits per heavy atom. The van der Waals surface area contributed by atoms with Gasteiger partial charge in [-0.1, -0.05) is 28.1 Å². The molecule has 1 heterocycles. The maximum Gasteiger partial charge on any atom is 0.353 e. The number of nitrogens with zero attached hydrogens (tertiary/aromatic N) is 3. The SMILES string of the molecule is Cc1ccc(C)c(Nc2ncnc(Nc3ccc(Br)cc3)c2[N+](=O)[O-])c1. The van der Waals surface area contributed by atoms with Crippen molar-refractivity contribution in [2.24, 2.45) is 0 Å². The van der Waals surface area contributed by atoms with Gasteiger partial charge in [-0.15, -0.1) is 0 Å². The number of aromatic nitrogens is 2. The molecule has 8 heteroatoms. The first-order chi connectivity index (χ1) is 12.4. The molecule has 0 saturated heterocycles. The number of aryl methyl sites for hydroxylation is 2. The van der Waals surface area contributed by atoms with E-state index in [1.54, 1.807) is 12.1 Å². The topological polar surface area (TPSA) is 93.0 Å². The van der Waals surface area contributed by atoms with Crippen LogP contribution < -0.4 is 10.6 Å². The fraction of sp³-hybridized carbons (Fsp3) is 0.111. The van der Waals surface area contributed by atoms with Crippen molar-refractivity contribution in [3.8, 4) is 0 Å². The Kier molecular flexibility index (Phi) is 5.13. The molecular weight excluding hydrogens is 398 g/mol. The summed E-state index contributed by atoms with van der Waals surface area (Å²) < 4.78 is 0.914. The summed E-state index contributed by atoms with van der Waals surface area (Å²) in [6.07, 6.45) is 1.29. The second kappa shape index (κ2) is 7.49. The van der Waals surface area contributed by atoms with E-state index >= 15 is 0 Å². The average molecular weight is 414 g/mol. The highest BCUT2D eigenvalue weighted by molar-refractivity contribution is 9.10. The highest BCUT2D eigenvalue weighted by Crippen LogP contribution is 2.34. The van der Waals surface area contributed by atoms with Gasteiger partial charge in [-0.25, -0.2) is 9.97 Å². The first-order valence-electron chi connectivity index (χ1n) is 7.80. The number of nitro groups is 1. The summed E-state index contributed by atoms with van der Waals surface area (Å²) in [5.74, 6) is 0.262. The molecule has 0 radical (unpaired) electrons. The quantitative estimate of drug-likeness (QED) is 0.438. The fourth-order valence-corrected chi connectivity index (χ4v) is 2.67. The molecule has 3 aromatic rings. The van der Waals surface area contributed by atoms with Gasteiger partial charge in [0.1, 0.15) is 6.33 Å². The predicted octanol–water partition coefficient (Wildman–Crippen LogP) is 5.25. The van der Waals surface area contributed by atoms with Crippen molar-refractivity contribution >= 4 is 44.6 Å². The minimum absolute atomic E-state index is 0.125. The molecule has 0 amide bonds. The molecule has 2 N–H and O–H groups in total. The highest BCUT2D eigenvalue weighted by Gasteiger charge is 2.23. The van der Waals surface area contributed by atoms with E-state index in [0.29, 0.717) is 5.69 Å². The van der Waals surface area contributed by atoms with Gasteiger partial charge < -0.3 is 10.6 Å². The molecule has 132 valence electrons. The van der Waals surface area contributed by atoms with Crippen LogP contribution in [0, 0.1) is 24.0 Å². The largest absolute Gasteiger partial charge is 0.353 e. The second-order valence-corrected chi connectivity index (χ2v) is 6.67. The second-order valence-electron chi connectivity index (χ2n) is 5.75. The lowest BCUT2D eigenvalue weighted by Crippen LogP contribution is -2.06. The lowest BCUT2D eigenvalue weighted by molar-refractivity contribution is -0.383. The number of rotatable bonds is 5. The van der Waals surface area contributed by atoms with Crippen molar-refractivity contribution in [2.45, 2.75) is 13.8 Å². The lowest BCUT2D eigenvalue weighted by atomic mass is 10.1. The third kappa shape index (κ3) is 3.97. The van der Waals surface area contributed by atoms with Gasteiger partial charge in [0.05, 0.1) is 4.92 Å². The molecule has 7 nitrogen and oxygen atoms in total.